The van der Waals surface area contributed by atoms with Crippen LogP contribution < -0.4 is 10.6 Å². The minimum atomic E-state index is -0.468. The molecule has 2 N–H and O–H groups in total. The Bertz CT molecular complexity index is 628. The third kappa shape index (κ3) is 4.28. The van der Waals surface area contributed by atoms with E-state index in [4.69, 9.17) is 0 Å². The van der Waals surface area contributed by atoms with Gasteiger partial charge in [-0.15, -0.1) is 11.3 Å². The van der Waals surface area contributed by atoms with Crippen LogP contribution >= 0.6 is 11.3 Å². The van der Waals surface area contributed by atoms with Crippen molar-refractivity contribution in [3.63, 3.8) is 0 Å². The number of amides is 1. The Morgan fingerprint density at radius 3 is 2.86 bits per heavy atom. The molecule has 2 rings (SSSR count). The van der Waals surface area contributed by atoms with Crippen LogP contribution in [0.2, 0.25) is 0 Å². The predicted molar refractivity (Wildman–Crippen MR) is 82.5 cm³/mol. The maximum Gasteiger partial charge on any atom is 0.271 e. The standard InChI is InChI=1S/C14H15N3O3S/c1-10(13-6-3-7-21-13)16-14(18)9-15-11-4-2-5-12(8-11)17(19)20/h2-8,10,15H,9H2,1H3,(H,16,18)/t10-/m1/s1. The molecule has 0 aliphatic rings. The minimum absolute atomic E-state index is 0.00707. The summed E-state index contributed by atoms with van der Waals surface area (Å²) in [6, 6.07) is 9.91. The number of hydrogen-bond acceptors (Lipinski definition) is 5. The number of non-ortho nitro benzene ring substituents is 1. The number of anilines is 1. The lowest BCUT2D eigenvalue weighted by molar-refractivity contribution is -0.384. The molecule has 2 aromatic rings. The van der Waals surface area contributed by atoms with Gasteiger partial charge in [0, 0.05) is 22.7 Å². The van der Waals surface area contributed by atoms with Crippen LogP contribution in [0.1, 0.15) is 17.8 Å². The number of nitro groups is 1. The van der Waals surface area contributed by atoms with Crippen LogP contribution in [0, 0.1) is 10.1 Å². The molecule has 0 spiro atoms. The molecule has 0 unspecified atom stereocenters. The van der Waals surface area contributed by atoms with Crippen molar-refractivity contribution in [1.29, 1.82) is 0 Å². The van der Waals surface area contributed by atoms with E-state index in [0.717, 1.165) is 4.88 Å². The summed E-state index contributed by atoms with van der Waals surface area (Å²) in [5, 5.41) is 18.4. The number of carbonyl (C=O) groups excluding carboxylic acids is 1. The second-order valence-electron chi connectivity index (χ2n) is 4.47. The van der Waals surface area contributed by atoms with Gasteiger partial charge in [-0.1, -0.05) is 12.1 Å². The van der Waals surface area contributed by atoms with Crippen molar-refractivity contribution in [2.24, 2.45) is 0 Å². The Balaban J connectivity index is 1.86. The highest BCUT2D eigenvalue weighted by molar-refractivity contribution is 7.10. The number of nitrogens with zero attached hydrogens (tertiary/aromatic N) is 1. The second kappa shape index (κ2) is 6.85. The van der Waals surface area contributed by atoms with Crippen LogP contribution in [0.15, 0.2) is 41.8 Å². The third-order valence-electron chi connectivity index (χ3n) is 2.86. The highest BCUT2D eigenvalue weighted by Crippen LogP contribution is 2.18. The van der Waals surface area contributed by atoms with E-state index in [1.807, 2.05) is 24.4 Å². The lowest BCUT2D eigenvalue weighted by Gasteiger charge is -2.13. The SMILES string of the molecule is C[C@@H](NC(=O)CNc1cccc([N+](=O)[O-])c1)c1cccs1. The monoisotopic (exact) mass is 305 g/mol. The van der Waals surface area contributed by atoms with Crippen molar-refractivity contribution in [2.45, 2.75) is 13.0 Å². The lowest BCUT2D eigenvalue weighted by Crippen LogP contribution is -2.31. The zero-order valence-corrected chi connectivity index (χ0v) is 12.2. The molecule has 0 radical (unpaired) electrons. The maximum atomic E-state index is 11.8. The molecule has 110 valence electrons. The Kier molecular flexibility index (Phi) is 4.89. The van der Waals surface area contributed by atoms with Gasteiger partial charge < -0.3 is 10.6 Å². The highest BCUT2D eigenvalue weighted by atomic mass is 32.1. The molecule has 7 heteroatoms. The van der Waals surface area contributed by atoms with Crippen LogP contribution in [0.5, 0.6) is 0 Å². The molecule has 0 aliphatic carbocycles. The normalized spacial score (nSPS) is 11.7. The Morgan fingerprint density at radius 1 is 1.38 bits per heavy atom. The fourth-order valence-corrected chi connectivity index (χ4v) is 2.55. The van der Waals surface area contributed by atoms with Gasteiger partial charge in [0.25, 0.3) is 5.69 Å². The van der Waals surface area contributed by atoms with Crippen LogP contribution in [0.4, 0.5) is 11.4 Å². The molecule has 1 heterocycles. The number of hydrogen-bond donors (Lipinski definition) is 2. The van der Waals surface area contributed by atoms with E-state index in [-0.39, 0.29) is 24.2 Å². The number of nitrogens with one attached hydrogen (secondary N) is 2. The largest absolute Gasteiger partial charge is 0.376 e. The second-order valence-corrected chi connectivity index (χ2v) is 5.44. The Hall–Kier alpha value is -2.41. The first-order chi connectivity index (χ1) is 10.1. The molecule has 21 heavy (non-hydrogen) atoms. The van der Waals surface area contributed by atoms with Crippen LogP contribution in [0.3, 0.4) is 0 Å². The van der Waals surface area contributed by atoms with Gasteiger partial charge in [-0.05, 0) is 24.4 Å². The van der Waals surface area contributed by atoms with Gasteiger partial charge in [-0.25, -0.2) is 0 Å². The van der Waals surface area contributed by atoms with Crippen molar-refractivity contribution < 1.29 is 9.72 Å². The van der Waals surface area contributed by atoms with E-state index in [0.29, 0.717) is 5.69 Å². The Morgan fingerprint density at radius 2 is 2.19 bits per heavy atom. The third-order valence-corrected chi connectivity index (χ3v) is 3.91. The molecule has 0 aliphatic heterocycles. The average Bonchev–Trinajstić information content (AvgIpc) is 2.99. The van der Waals surface area contributed by atoms with E-state index >= 15 is 0 Å². The average molecular weight is 305 g/mol. The number of rotatable bonds is 6. The Labute approximate surface area is 126 Å². The molecular weight excluding hydrogens is 290 g/mol. The molecule has 6 nitrogen and oxygen atoms in total. The minimum Gasteiger partial charge on any atom is -0.376 e. The van der Waals surface area contributed by atoms with E-state index in [2.05, 4.69) is 10.6 Å². The molecule has 1 atom stereocenters. The summed E-state index contributed by atoms with van der Waals surface area (Å²) < 4.78 is 0. The first-order valence-electron chi connectivity index (χ1n) is 6.37. The van der Waals surface area contributed by atoms with Gasteiger partial charge in [0.05, 0.1) is 17.5 Å². The number of nitro benzene ring substituents is 1. The van der Waals surface area contributed by atoms with Crippen molar-refractivity contribution in [1.82, 2.24) is 5.32 Å². The zero-order valence-electron chi connectivity index (χ0n) is 11.4. The van der Waals surface area contributed by atoms with Gasteiger partial charge >= 0.3 is 0 Å². The van der Waals surface area contributed by atoms with Crippen molar-refractivity contribution in [2.75, 3.05) is 11.9 Å². The molecular formula is C14H15N3O3S. The summed E-state index contributed by atoms with van der Waals surface area (Å²) in [5.41, 5.74) is 0.537. The maximum absolute atomic E-state index is 11.8. The van der Waals surface area contributed by atoms with E-state index < -0.39 is 4.92 Å². The predicted octanol–water partition coefficient (Wildman–Crippen LogP) is 2.95. The van der Waals surface area contributed by atoms with Gasteiger partial charge in [0.1, 0.15) is 0 Å². The smallest absolute Gasteiger partial charge is 0.271 e. The fraction of sp³-hybridized carbons (Fsp3) is 0.214. The lowest BCUT2D eigenvalue weighted by atomic mass is 10.2. The van der Waals surface area contributed by atoms with Gasteiger partial charge in [-0.3, -0.25) is 14.9 Å². The summed E-state index contributed by atoms with van der Waals surface area (Å²) >= 11 is 1.58. The zero-order chi connectivity index (χ0) is 15.2. The summed E-state index contributed by atoms with van der Waals surface area (Å²) in [7, 11) is 0. The van der Waals surface area contributed by atoms with E-state index in [1.54, 1.807) is 23.5 Å². The molecule has 1 amide bonds. The van der Waals surface area contributed by atoms with E-state index in [1.165, 1.54) is 12.1 Å². The van der Waals surface area contributed by atoms with Gasteiger partial charge in [0.15, 0.2) is 0 Å². The molecule has 0 bridgehead atoms. The summed E-state index contributed by atoms with van der Waals surface area (Å²) in [4.78, 5) is 23.1. The molecule has 0 saturated heterocycles. The highest BCUT2D eigenvalue weighted by Gasteiger charge is 2.11. The number of thiophene rings is 1. The fourth-order valence-electron chi connectivity index (χ4n) is 1.81. The van der Waals surface area contributed by atoms with Gasteiger partial charge in [-0.2, -0.15) is 0 Å². The summed E-state index contributed by atoms with van der Waals surface area (Å²) in [5.74, 6) is -0.164. The van der Waals surface area contributed by atoms with Crippen molar-refractivity contribution >= 4 is 28.6 Å². The van der Waals surface area contributed by atoms with Crippen LogP contribution in [0.25, 0.3) is 0 Å². The van der Waals surface area contributed by atoms with E-state index in [9.17, 15) is 14.9 Å². The topological polar surface area (TPSA) is 84.3 Å². The number of carbonyl (C=O) groups is 1. The molecule has 1 aromatic heterocycles. The van der Waals surface area contributed by atoms with Crippen LogP contribution in [-0.4, -0.2) is 17.4 Å². The molecule has 0 fully saturated rings. The van der Waals surface area contributed by atoms with Crippen molar-refractivity contribution in [3.05, 3.63) is 56.8 Å². The van der Waals surface area contributed by atoms with Gasteiger partial charge in [0.2, 0.25) is 5.91 Å². The first kappa shape index (κ1) is 15.0. The number of benzene rings is 1. The van der Waals surface area contributed by atoms with Crippen LogP contribution in [-0.2, 0) is 4.79 Å². The molecule has 1 aromatic carbocycles. The van der Waals surface area contributed by atoms with Crippen molar-refractivity contribution in [3.8, 4) is 0 Å². The first-order valence-corrected chi connectivity index (χ1v) is 7.25. The molecule has 0 saturated carbocycles. The summed E-state index contributed by atoms with van der Waals surface area (Å²) in [6.45, 7) is 1.98. The quantitative estimate of drug-likeness (QED) is 0.635. The summed E-state index contributed by atoms with van der Waals surface area (Å²) in [6.07, 6.45) is 0.